The molecule has 3 rings (SSSR count). The molecule has 10 heteroatoms. The van der Waals surface area contributed by atoms with Crippen molar-refractivity contribution < 1.29 is 18.0 Å². The fourth-order valence-corrected chi connectivity index (χ4v) is 3.87. The molecule has 8 nitrogen and oxygen atoms in total. The van der Waals surface area contributed by atoms with Crippen LogP contribution in [0.2, 0.25) is 5.02 Å². The van der Waals surface area contributed by atoms with E-state index in [1.54, 1.807) is 30.3 Å². The maximum absolute atomic E-state index is 12.1. The first-order chi connectivity index (χ1) is 12.8. The number of sulfonamides is 1. The average molecular weight is 407 g/mol. The van der Waals surface area contributed by atoms with Crippen molar-refractivity contribution in [2.45, 2.75) is 4.90 Å². The normalized spacial score (nSPS) is 14.1. The van der Waals surface area contributed by atoms with Crippen LogP contribution in [0, 0.1) is 0 Å². The van der Waals surface area contributed by atoms with E-state index >= 15 is 0 Å². The summed E-state index contributed by atoms with van der Waals surface area (Å²) >= 11 is 5.76. The van der Waals surface area contributed by atoms with Crippen molar-refractivity contribution in [3.05, 3.63) is 64.7 Å². The molecule has 0 fully saturated rings. The number of carbonyl (C=O) groups is 2. The summed E-state index contributed by atoms with van der Waals surface area (Å²) in [6, 6.07) is 12.5. The van der Waals surface area contributed by atoms with E-state index in [1.807, 2.05) is 0 Å². The molecule has 0 spiro atoms. The zero-order valence-electron chi connectivity index (χ0n) is 14.1. The van der Waals surface area contributed by atoms with Crippen molar-refractivity contribution >= 4 is 39.3 Å². The number of rotatable bonds is 3. The van der Waals surface area contributed by atoms with Crippen molar-refractivity contribution in [3.8, 4) is 0 Å². The van der Waals surface area contributed by atoms with Gasteiger partial charge in [-0.2, -0.15) is 8.42 Å². The van der Waals surface area contributed by atoms with Gasteiger partial charge in [-0.3, -0.25) is 20.4 Å². The van der Waals surface area contributed by atoms with E-state index in [-0.39, 0.29) is 17.3 Å². The summed E-state index contributed by atoms with van der Waals surface area (Å²) in [5.74, 6) is -0.872. The van der Waals surface area contributed by atoms with Gasteiger partial charge in [-0.05, 0) is 36.4 Å². The van der Waals surface area contributed by atoms with Crippen molar-refractivity contribution in [2.75, 3.05) is 13.6 Å². The molecule has 2 N–H and O–H groups in total. The van der Waals surface area contributed by atoms with Gasteiger partial charge in [0, 0.05) is 23.2 Å². The fourth-order valence-electron chi connectivity index (χ4n) is 2.49. The molecular formula is C17H15ClN4O4S. The Morgan fingerprint density at radius 2 is 1.74 bits per heavy atom. The third-order valence-corrected chi connectivity index (χ3v) is 5.35. The number of amides is 2. The van der Waals surface area contributed by atoms with E-state index < -0.39 is 21.8 Å². The van der Waals surface area contributed by atoms with Crippen LogP contribution in [0.25, 0.3) is 0 Å². The summed E-state index contributed by atoms with van der Waals surface area (Å²) in [7, 11) is -2.23. The van der Waals surface area contributed by atoms with E-state index in [4.69, 9.17) is 11.6 Å². The van der Waals surface area contributed by atoms with Gasteiger partial charge in [0.05, 0.1) is 6.54 Å². The number of hydrazine groups is 1. The molecule has 0 bridgehead atoms. The molecule has 0 saturated heterocycles. The Labute approximate surface area is 160 Å². The highest BCUT2D eigenvalue weighted by atomic mass is 35.5. The molecule has 1 heterocycles. The minimum atomic E-state index is -3.77. The number of fused-ring (bicyclic) bond motifs is 1. The average Bonchev–Trinajstić information content (AvgIpc) is 2.92. The quantitative estimate of drug-likeness (QED) is 0.744. The molecule has 2 aromatic carbocycles. The molecule has 2 amide bonds. The van der Waals surface area contributed by atoms with E-state index in [1.165, 1.54) is 30.1 Å². The van der Waals surface area contributed by atoms with Gasteiger partial charge in [-0.1, -0.05) is 23.7 Å². The number of halogens is 1. The van der Waals surface area contributed by atoms with Crippen molar-refractivity contribution in [1.82, 2.24) is 15.8 Å². The lowest BCUT2D eigenvalue weighted by atomic mass is 10.2. The maximum atomic E-state index is 12.1. The highest BCUT2D eigenvalue weighted by Gasteiger charge is 2.30. The zero-order chi connectivity index (χ0) is 19.6. The van der Waals surface area contributed by atoms with Crippen molar-refractivity contribution in [3.63, 3.8) is 0 Å². The monoisotopic (exact) mass is 406 g/mol. The lowest BCUT2D eigenvalue weighted by Gasteiger charge is -2.18. The van der Waals surface area contributed by atoms with Gasteiger partial charge < -0.3 is 4.90 Å². The minimum Gasteiger partial charge on any atom is -0.349 e. The van der Waals surface area contributed by atoms with Gasteiger partial charge in [-0.15, -0.1) is 4.40 Å². The Balaban J connectivity index is 1.62. The first-order valence-electron chi connectivity index (χ1n) is 7.78. The second kappa shape index (κ2) is 7.37. The van der Waals surface area contributed by atoms with Gasteiger partial charge in [0.2, 0.25) is 0 Å². The lowest BCUT2D eigenvalue weighted by molar-refractivity contribution is -0.122. The molecule has 1 aliphatic rings. The summed E-state index contributed by atoms with van der Waals surface area (Å²) in [6.45, 7) is -0.205. The van der Waals surface area contributed by atoms with E-state index in [0.717, 1.165) is 0 Å². The number of nitrogens with zero attached hydrogens (tertiary/aromatic N) is 2. The molecule has 1 aliphatic heterocycles. The Hall–Kier alpha value is -2.91. The van der Waals surface area contributed by atoms with Crippen molar-refractivity contribution in [2.24, 2.45) is 4.40 Å². The zero-order valence-corrected chi connectivity index (χ0v) is 15.7. The summed E-state index contributed by atoms with van der Waals surface area (Å²) in [4.78, 5) is 25.5. The highest BCUT2D eigenvalue weighted by Crippen LogP contribution is 2.26. The van der Waals surface area contributed by atoms with Crippen molar-refractivity contribution in [1.29, 1.82) is 0 Å². The number of likely N-dealkylation sites (N-methyl/N-ethyl adjacent to an activating group) is 1. The predicted molar refractivity (Wildman–Crippen MR) is 99.9 cm³/mol. The van der Waals surface area contributed by atoms with Crippen LogP contribution in [0.1, 0.15) is 15.9 Å². The SMILES string of the molecule is CN(CC(=O)NNC(=O)c1ccc(Cl)cc1)C1=NS(=O)(=O)c2ccccc21. The Kier molecular flexibility index (Phi) is 5.15. The highest BCUT2D eigenvalue weighted by molar-refractivity contribution is 7.90. The van der Waals surface area contributed by atoms with Gasteiger partial charge in [0.25, 0.3) is 21.8 Å². The molecule has 0 atom stereocenters. The van der Waals surface area contributed by atoms with E-state index in [9.17, 15) is 18.0 Å². The number of amidine groups is 1. The standard InChI is InChI=1S/C17H15ClN4O4S/c1-22(16-13-4-2-3-5-14(13)27(25,26)21-16)10-15(23)19-20-17(24)11-6-8-12(18)9-7-11/h2-9H,10H2,1H3,(H,19,23)(H,20,24). The number of carbonyl (C=O) groups excluding carboxylic acids is 2. The molecule has 0 aromatic heterocycles. The number of nitrogens with one attached hydrogen (secondary N) is 2. The van der Waals surface area contributed by atoms with Crippen LogP contribution in [0.3, 0.4) is 0 Å². The second-order valence-corrected chi connectivity index (χ2v) is 7.76. The van der Waals surface area contributed by atoms with Gasteiger partial charge in [-0.25, -0.2) is 0 Å². The number of hydrogen-bond acceptors (Lipinski definition) is 5. The summed E-state index contributed by atoms with van der Waals surface area (Å²) < 4.78 is 27.9. The largest absolute Gasteiger partial charge is 0.349 e. The molecule has 0 aliphatic carbocycles. The first-order valence-corrected chi connectivity index (χ1v) is 9.60. The third-order valence-electron chi connectivity index (χ3n) is 3.78. The van der Waals surface area contributed by atoms with E-state index in [0.29, 0.717) is 16.1 Å². The number of benzene rings is 2. The smallest absolute Gasteiger partial charge is 0.285 e. The second-order valence-electron chi connectivity index (χ2n) is 5.75. The third kappa shape index (κ3) is 4.09. The van der Waals surface area contributed by atoms with Gasteiger partial charge in [0.15, 0.2) is 5.84 Å². The molecule has 0 radical (unpaired) electrons. The molecular weight excluding hydrogens is 392 g/mol. The van der Waals surface area contributed by atoms with Crippen LogP contribution in [0.4, 0.5) is 0 Å². The molecule has 140 valence electrons. The van der Waals surface area contributed by atoms with Crippen LogP contribution in [-0.4, -0.2) is 44.6 Å². The molecule has 0 unspecified atom stereocenters. The maximum Gasteiger partial charge on any atom is 0.285 e. The molecule has 2 aromatic rings. The Bertz CT molecular complexity index is 1040. The van der Waals surface area contributed by atoms with E-state index in [2.05, 4.69) is 15.2 Å². The van der Waals surface area contributed by atoms with Crippen LogP contribution in [-0.2, 0) is 14.8 Å². The Morgan fingerprint density at radius 1 is 1.07 bits per heavy atom. The summed E-state index contributed by atoms with van der Waals surface area (Å²) in [6.07, 6.45) is 0. The number of hydrogen-bond donors (Lipinski definition) is 2. The lowest BCUT2D eigenvalue weighted by Crippen LogP contribution is -2.46. The van der Waals surface area contributed by atoms with Gasteiger partial charge >= 0.3 is 0 Å². The molecule has 0 saturated carbocycles. The predicted octanol–water partition coefficient (Wildman–Crippen LogP) is 1.18. The first kappa shape index (κ1) is 18.9. The topological polar surface area (TPSA) is 108 Å². The summed E-state index contributed by atoms with van der Waals surface area (Å²) in [5.41, 5.74) is 5.32. The van der Waals surface area contributed by atoms with Gasteiger partial charge in [0.1, 0.15) is 4.90 Å². The molecule has 27 heavy (non-hydrogen) atoms. The Morgan fingerprint density at radius 3 is 2.44 bits per heavy atom. The minimum absolute atomic E-state index is 0.100. The van der Waals surface area contributed by atoms with Crippen LogP contribution in [0.5, 0.6) is 0 Å². The fraction of sp³-hybridized carbons (Fsp3) is 0.118. The summed E-state index contributed by atoms with van der Waals surface area (Å²) in [5, 5.41) is 0.491. The van der Waals surface area contributed by atoms with Crippen LogP contribution < -0.4 is 10.9 Å². The van der Waals surface area contributed by atoms with Crippen LogP contribution >= 0.6 is 11.6 Å². The van der Waals surface area contributed by atoms with Crippen LogP contribution in [0.15, 0.2) is 57.8 Å².